The molecule has 0 amide bonds. The molecule has 4 nitrogen and oxygen atoms in total. The molecule has 131 valence electrons. The van der Waals surface area contributed by atoms with Crippen LogP contribution in [0.15, 0.2) is 36.4 Å². The van der Waals surface area contributed by atoms with Crippen molar-refractivity contribution in [2.45, 2.75) is 25.0 Å². The Kier molecular flexibility index (Phi) is 6.27. The largest absolute Gasteiger partial charge is 0.392 e. The summed E-state index contributed by atoms with van der Waals surface area (Å²) in [6.07, 6.45) is 1.06. The SMILES string of the molecule is CN(C)CCCC(O)(c1ccc(F)cc1)c1cc[c]c(C#N)c1CO. The highest BCUT2D eigenvalue weighted by Crippen LogP contribution is 2.37. The molecule has 0 aliphatic rings. The number of halogens is 1. The van der Waals surface area contributed by atoms with Crippen LogP contribution in [0, 0.1) is 23.2 Å². The van der Waals surface area contributed by atoms with Crippen molar-refractivity contribution < 1.29 is 14.6 Å². The summed E-state index contributed by atoms with van der Waals surface area (Å²) in [4.78, 5) is 2.01. The fourth-order valence-corrected chi connectivity index (χ4v) is 2.99. The van der Waals surface area contributed by atoms with Crippen LogP contribution in [-0.4, -0.2) is 35.8 Å². The number of benzene rings is 2. The highest BCUT2D eigenvalue weighted by Gasteiger charge is 2.34. The van der Waals surface area contributed by atoms with Crippen LogP contribution in [-0.2, 0) is 12.2 Å². The van der Waals surface area contributed by atoms with E-state index in [4.69, 9.17) is 0 Å². The van der Waals surface area contributed by atoms with E-state index in [0.717, 1.165) is 6.54 Å². The molecule has 0 aliphatic carbocycles. The van der Waals surface area contributed by atoms with Gasteiger partial charge in [0.05, 0.1) is 12.2 Å². The van der Waals surface area contributed by atoms with Crippen molar-refractivity contribution in [1.29, 1.82) is 5.26 Å². The van der Waals surface area contributed by atoms with Crippen molar-refractivity contribution in [3.05, 3.63) is 70.5 Å². The Labute approximate surface area is 147 Å². The minimum Gasteiger partial charge on any atom is -0.392 e. The summed E-state index contributed by atoms with van der Waals surface area (Å²) in [7, 11) is 3.89. The minimum absolute atomic E-state index is 0.202. The average Bonchev–Trinajstić information content (AvgIpc) is 2.60. The fraction of sp³-hybridized carbons (Fsp3) is 0.350. The van der Waals surface area contributed by atoms with E-state index in [-0.39, 0.29) is 18.0 Å². The number of rotatable bonds is 7. The van der Waals surface area contributed by atoms with Crippen LogP contribution in [0.2, 0.25) is 0 Å². The van der Waals surface area contributed by atoms with E-state index in [1.54, 1.807) is 12.1 Å². The zero-order valence-electron chi connectivity index (χ0n) is 14.5. The number of aliphatic hydroxyl groups excluding tert-OH is 1. The Morgan fingerprint density at radius 1 is 1.24 bits per heavy atom. The smallest absolute Gasteiger partial charge is 0.123 e. The Morgan fingerprint density at radius 2 is 1.92 bits per heavy atom. The van der Waals surface area contributed by atoms with Crippen molar-refractivity contribution in [2.75, 3.05) is 20.6 Å². The van der Waals surface area contributed by atoms with Crippen LogP contribution in [0.3, 0.4) is 0 Å². The van der Waals surface area contributed by atoms with Crippen LogP contribution in [0.5, 0.6) is 0 Å². The highest BCUT2D eigenvalue weighted by molar-refractivity contribution is 5.48. The standard InChI is InChI=1S/C20H22FN2O2/c1-23(2)12-4-11-20(25,16-7-9-17(21)10-8-16)19-6-3-5-15(13-22)18(19)14-24/h3,6-10,24-25H,4,11-12,14H2,1-2H3. The van der Waals surface area contributed by atoms with Crippen LogP contribution in [0.25, 0.3) is 0 Å². The van der Waals surface area contributed by atoms with Crippen LogP contribution in [0.1, 0.15) is 35.1 Å². The summed E-state index contributed by atoms with van der Waals surface area (Å²) in [5.74, 6) is -0.388. The Balaban J connectivity index is 2.55. The summed E-state index contributed by atoms with van der Waals surface area (Å²) < 4.78 is 13.3. The maximum atomic E-state index is 13.3. The number of hydrogen-bond acceptors (Lipinski definition) is 4. The van der Waals surface area contributed by atoms with E-state index >= 15 is 0 Å². The van der Waals surface area contributed by atoms with Gasteiger partial charge in [-0.1, -0.05) is 24.3 Å². The molecule has 1 atom stereocenters. The van der Waals surface area contributed by atoms with Gasteiger partial charge in [0.15, 0.2) is 0 Å². The second-order valence-corrected chi connectivity index (χ2v) is 6.29. The molecular weight excluding hydrogens is 319 g/mol. The summed E-state index contributed by atoms with van der Waals surface area (Å²) in [5, 5.41) is 30.5. The predicted octanol–water partition coefficient (Wildman–Crippen LogP) is 2.57. The lowest BCUT2D eigenvalue weighted by atomic mass is 9.79. The molecule has 0 fully saturated rings. The molecule has 0 bridgehead atoms. The van der Waals surface area contributed by atoms with Gasteiger partial charge in [-0.2, -0.15) is 5.26 Å². The average molecular weight is 341 g/mol. The first kappa shape index (κ1) is 19.1. The van der Waals surface area contributed by atoms with Crippen molar-refractivity contribution in [3.63, 3.8) is 0 Å². The Bertz CT molecular complexity index is 753. The van der Waals surface area contributed by atoms with Crippen molar-refractivity contribution in [2.24, 2.45) is 0 Å². The molecule has 0 spiro atoms. The van der Waals surface area contributed by atoms with E-state index in [0.29, 0.717) is 29.5 Å². The molecule has 1 radical (unpaired) electrons. The van der Waals surface area contributed by atoms with E-state index in [2.05, 4.69) is 6.07 Å². The van der Waals surface area contributed by atoms with E-state index in [9.17, 15) is 19.9 Å². The van der Waals surface area contributed by atoms with Gasteiger partial charge in [-0.15, -0.1) is 0 Å². The monoisotopic (exact) mass is 341 g/mol. The normalized spacial score (nSPS) is 13.5. The summed E-state index contributed by atoms with van der Waals surface area (Å²) >= 11 is 0. The zero-order chi connectivity index (χ0) is 18.4. The lowest BCUT2D eigenvalue weighted by Crippen LogP contribution is -2.30. The third-order valence-electron chi connectivity index (χ3n) is 4.29. The van der Waals surface area contributed by atoms with Gasteiger partial charge in [-0.3, -0.25) is 0 Å². The molecule has 0 saturated heterocycles. The summed E-state index contributed by atoms with van der Waals surface area (Å²) in [6, 6.07) is 13.7. The van der Waals surface area contributed by atoms with Crippen LogP contribution in [0.4, 0.5) is 4.39 Å². The van der Waals surface area contributed by atoms with E-state index in [1.807, 2.05) is 25.1 Å². The van der Waals surface area contributed by atoms with Gasteiger partial charge in [-0.25, -0.2) is 4.39 Å². The van der Waals surface area contributed by atoms with Gasteiger partial charge >= 0.3 is 0 Å². The molecule has 25 heavy (non-hydrogen) atoms. The molecule has 2 rings (SSSR count). The number of hydrogen-bond donors (Lipinski definition) is 2. The zero-order valence-corrected chi connectivity index (χ0v) is 14.5. The molecule has 1 unspecified atom stereocenters. The quantitative estimate of drug-likeness (QED) is 0.812. The lowest BCUT2D eigenvalue weighted by Gasteiger charge is -2.32. The predicted molar refractivity (Wildman–Crippen MR) is 93.1 cm³/mol. The van der Waals surface area contributed by atoms with Gasteiger partial charge in [0.1, 0.15) is 17.5 Å². The Morgan fingerprint density at radius 3 is 2.48 bits per heavy atom. The van der Waals surface area contributed by atoms with Crippen LogP contribution >= 0.6 is 0 Å². The molecule has 0 aliphatic heterocycles. The topological polar surface area (TPSA) is 67.5 Å². The van der Waals surface area contributed by atoms with Crippen molar-refractivity contribution >= 4 is 0 Å². The van der Waals surface area contributed by atoms with Gasteiger partial charge < -0.3 is 15.1 Å². The highest BCUT2D eigenvalue weighted by atomic mass is 19.1. The van der Waals surface area contributed by atoms with Crippen molar-refractivity contribution in [1.82, 2.24) is 4.90 Å². The minimum atomic E-state index is -1.43. The van der Waals surface area contributed by atoms with E-state index < -0.39 is 5.60 Å². The van der Waals surface area contributed by atoms with Gasteiger partial charge in [0.25, 0.3) is 0 Å². The fourth-order valence-electron chi connectivity index (χ4n) is 2.99. The van der Waals surface area contributed by atoms with E-state index in [1.165, 1.54) is 24.3 Å². The summed E-state index contributed by atoms with van der Waals surface area (Å²) in [6.45, 7) is 0.384. The van der Waals surface area contributed by atoms with Gasteiger partial charge in [0.2, 0.25) is 0 Å². The van der Waals surface area contributed by atoms with Gasteiger partial charge in [0, 0.05) is 11.6 Å². The molecule has 5 heteroatoms. The molecule has 2 aromatic rings. The van der Waals surface area contributed by atoms with Gasteiger partial charge in [-0.05, 0) is 56.7 Å². The lowest BCUT2D eigenvalue weighted by molar-refractivity contribution is 0.0640. The third-order valence-corrected chi connectivity index (χ3v) is 4.29. The molecule has 0 aromatic heterocycles. The number of aliphatic hydroxyl groups is 2. The first-order valence-corrected chi connectivity index (χ1v) is 8.10. The van der Waals surface area contributed by atoms with Crippen molar-refractivity contribution in [3.8, 4) is 6.07 Å². The first-order valence-electron chi connectivity index (χ1n) is 8.10. The maximum Gasteiger partial charge on any atom is 0.123 e. The summed E-state index contributed by atoms with van der Waals surface area (Å²) in [5.41, 5.74) is 0.102. The molecule has 0 heterocycles. The molecule has 0 saturated carbocycles. The number of nitrogens with zero attached hydrogens (tertiary/aromatic N) is 2. The van der Waals surface area contributed by atoms with Crippen LogP contribution < -0.4 is 0 Å². The maximum absolute atomic E-state index is 13.3. The molecule has 2 aromatic carbocycles. The third kappa shape index (κ3) is 4.23. The second kappa shape index (κ2) is 8.21. The molecular formula is C20H22FN2O2. The number of nitriles is 1. The first-order chi connectivity index (χ1) is 11.9. The Hall–Kier alpha value is -2.26. The second-order valence-electron chi connectivity index (χ2n) is 6.29. The molecule has 2 N–H and O–H groups in total.